The largest absolute Gasteiger partial charge is 0.444 e. The Kier molecular flexibility index (Phi) is 6.33. The highest BCUT2D eigenvalue weighted by Crippen LogP contribution is 2.62. The molecule has 1 aliphatic heterocycles. The molecule has 0 saturated carbocycles. The van der Waals surface area contributed by atoms with Crippen LogP contribution in [0.2, 0.25) is 0 Å². The first kappa shape index (κ1) is 24.4. The zero-order chi connectivity index (χ0) is 25.5. The third-order valence-corrected chi connectivity index (χ3v) is 9.30. The average Bonchev–Trinajstić information content (AvgIpc) is 3.55. The summed E-state index contributed by atoms with van der Waals surface area (Å²) >= 11 is 3.74. The number of nitrogens with one attached hydrogen (secondary N) is 2. The summed E-state index contributed by atoms with van der Waals surface area (Å²) in [6.07, 6.45) is 3.65. The summed E-state index contributed by atoms with van der Waals surface area (Å²) in [5.74, 6) is 2.63. The number of rotatable bonds is 5. The van der Waals surface area contributed by atoms with Crippen LogP contribution in [0, 0.1) is 10.1 Å². The van der Waals surface area contributed by atoms with Crippen molar-refractivity contribution >= 4 is 46.8 Å². The molecule has 0 unspecified atom stereocenters. The van der Waals surface area contributed by atoms with E-state index in [1.54, 1.807) is 29.2 Å². The van der Waals surface area contributed by atoms with Crippen LogP contribution in [0.25, 0.3) is 5.82 Å². The smallest absolute Gasteiger partial charge is 0.408 e. The van der Waals surface area contributed by atoms with E-state index in [9.17, 15) is 14.9 Å². The topological polar surface area (TPSA) is 124 Å². The Morgan fingerprint density at radius 3 is 2.69 bits per heavy atom. The number of nitrogens with zero attached hydrogens (tertiary/aromatic N) is 4. The molecule has 10 nitrogen and oxygen atoms in total. The van der Waals surface area contributed by atoms with Crippen LogP contribution in [0.15, 0.2) is 48.8 Å². The lowest BCUT2D eigenvalue weighted by molar-refractivity contribution is -0.384. The zero-order valence-corrected chi connectivity index (χ0v) is 21.7. The predicted molar refractivity (Wildman–Crippen MR) is 141 cm³/mol. The third kappa shape index (κ3) is 4.87. The quantitative estimate of drug-likeness (QED) is 0.326. The SMILES string of the molecule is CC(C)(C)OC(=O)N[C@H]1CC2(SCCS2)c2cc(Nc3nc(-n4cccn4)ccc3[N+](=O)[O-])ccc21. The third-order valence-electron chi connectivity index (χ3n) is 5.81. The molecule has 2 aliphatic rings. The number of ether oxygens (including phenoxy) is 1. The first-order valence-electron chi connectivity index (χ1n) is 11.5. The molecule has 5 rings (SSSR count). The molecule has 36 heavy (non-hydrogen) atoms. The molecule has 3 aromatic rings. The molecule has 0 radical (unpaired) electrons. The van der Waals surface area contributed by atoms with Crippen molar-refractivity contribution in [3.63, 3.8) is 0 Å². The van der Waals surface area contributed by atoms with Gasteiger partial charge in [-0.3, -0.25) is 10.1 Å². The number of fused-ring (bicyclic) bond motifs is 2. The fraction of sp³-hybridized carbons (Fsp3) is 0.375. The number of hydrogen-bond acceptors (Lipinski definition) is 9. The van der Waals surface area contributed by atoms with Gasteiger partial charge < -0.3 is 15.4 Å². The fourth-order valence-electron chi connectivity index (χ4n) is 4.41. The number of nitro groups is 1. The van der Waals surface area contributed by atoms with Crippen molar-refractivity contribution in [2.45, 2.75) is 42.9 Å². The Morgan fingerprint density at radius 1 is 1.25 bits per heavy atom. The van der Waals surface area contributed by atoms with E-state index in [1.165, 1.54) is 6.07 Å². The fourth-order valence-corrected chi connectivity index (χ4v) is 7.81. The maximum absolute atomic E-state index is 12.5. The van der Waals surface area contributed by atoms with Crippen LogP contribution in [0.4, 0.5) is 22.0 Å². The van der Waals surface area contributed by atoms with Gasteiger partial charge in [0.1, 0.15) is 5.60 Å². The Morgan fingerprint density at radius 2 is 2.03 bits per heavy atom. The minimum absolute atomic E-state index is 0.129. The lowest BCUT2D eigenvalue weighted by Crippen LogP contribution is -2.34. The Hall–Kier alpha value is -3.25. The van der Waals surface area contributed by atoms with Gasteiger partial charge in [-0.05, 0) is 62.6 Å². The van der Waals surface area contributed by atoms with Crippen molar-refractivity contribution in [3.8, 4) is 5.82 Å². The molecule has 1 spiro atoms. The molecule has 1 aromatic carbocycles. The molecule has 188 valence electrons. The standard InChI is InChI=1S/C24H26N6O4S2/c1-23(2,3)34-22(31)27-18-14-24(35-11-12-36-24)17-13-15(5-6-16(17)18)26-21-19(30(32)33)7-8-20(28-21)29-10-4-9-25-29/h4-10,13,18H,11-12,14H2,1-3H3,(H,26,28)(H,27,31)/t18-/m0/s1. The first-order chi connectivity index (χ1) is 17.1. The number of benzene rings is 1. The second kappa shape index (κ2) is 9.32. The summed E-state index contributed by atoms with van der Waals surface area (Å²) in [6.45, 7) is 5.52. The van der Waals surface area contributed by atoms with Gasteiger partial charge in [0.25, 0.3) is 0 Å². The van der Waals surface area contributed by atoms with E-state index in [4.69, 9.17) is 4.74 Å². The molecule has 1 fully saturated rings. The van der Waals surface area contributed by atoms with Crippen LogP contribution in [-0.4, -0.2) is 42.9 Å². The molecule has 2 N–H and O–H groups in total. The molecule has 1 atom stereocenters. The van der Waals surface area contributed by atoms with Crippen LogP contribution in [-0.2, 0) is 8.82 Å². The second-order valence-electron chi connectivity index (χ2n) is 9.52. The highest BCUT2D eigenvalue weighted by molar-refractivity contribution is 8.20. The predicted octanol–water partition coefficient (Wildman–Crippen LogP) is 5.52. The van der Waals surface area contributed by atoms with E-state index in [1.807, 2.05) is 62.5 Å². The number of carbonyl (C=O) groups excluding carboxylic acids is 1. The van der Waals surface area contributed by atoms with Gasteiger partial charge in [-0.15, -0.1) is 23.5 Å². The summed E-state index contributed by atoms with van der Waals surface area (Å²) in [5.41, 5.74) is 2.11. The number of alkyl carbamates (subject to hydrolysis) is 1. The van der Waals surface area contributed by atoms with Gasteiger partial charge in [-0.1, -0.05) is 6.07 Å². The van der Waals surface area contributed by atoms with E-state index < -0.39 is 16.6 Å². The summed E-state index contributed by atoms with van der Waals surface area (Å²) in [6, 6.07) is 10.4. The van der Waals surface area contributed by atoms with Crippen molar-refractivity contribution in [1.82, 2.24) is 20.1 Å². The van der Waals surface area contributed by atoms with Crippen molar-refractivity contribution in [3.05, 3.63) is 70.0 Å². The highest BCUT2D eigenvalue weighted by Gasteiger charge is 2.48. The van der Waals surface area contributed by atoms with Crippen LogP contribution in [0.3, 0.4) is 0 Å². The Balaban J connectivity index is 1.47. The Bertz CT molecular complexity index is 1300. The number of amides is 1. The summed E-state index contributed by atoms with van der Waals surface area (Å²) in [7, 11) is 0. The van der Waals surface area contributed by atoms with Gasteiger partial charge in [0, 0.05) is 35.7 Å². The number of thioether (sulfide) groups is 2. The van der Waals surface area contributed by atoms with Crippen molar-refractivity contribution in [2.75, 3.05) is 16.8 Å². The van der Waals surface area contributed by atoms with Crippen LogP contribution in [0.1, 0.15) is 44.4 Å². The van der Waals surface area contributed by atoms with Gasteiger partial charge in [0.2, 0.25) is 5.82 Å². The molecule has 1 amide bonds. The van der Waals surface area contributed by atoms with Crippen LogP contribution >= 0.6 is 23.5 Å². The average molecular weight is 527 g/mol. The molecule has 2 aromatic heterocycles. The lowest BCUT2D eigenvalue weighted by Gasteiger charge is -2.24. The highest BCUT2D eigenvalue weighted by atomic mass is 32.2. The molecule has 1 saturated heterocycles. The van der Waals surface area contributed by atoms with Crippen LogP contribution in [0.5, 0.6) is 0 Å². The van der Waals surface area contributed by atoms with Crippen molar-refractivity contribution in [2.24, 2.45) is 0 Å². The van der Waals surface area contributed by atoms with E-state index in [0.717, 1.165) is 29.1 Å². The molecule has 12 heteroatoms. The molecule has 3 heterocycles. The molecule has 0 bridgehead atoms. The van der Waals surface area contributed by atoms with Crippen molar-refractivity contribution in [1.29, 1.82) is 0 Å². The van der Waals surface area contributed by atoms with Gasteiger partial charge in [0.05, 0.1) is 15.0 Å². The lowest BCUT2D eigenvalue weighted by atomic mass is 10.1. The van der Waals surface area contributed by atoms with Crippen molar-refractivity contribution < 1.29 is 14.5 Å². The monoisotopic (exact) mass is 526 g/mol. The zero-order valence-electron chi connectivity index (χ0n) is 20.1. The van der Waals surface area contributed by atoms with Gasteiger partial charge >= 0.3 is 11.8 Å². The number of anilines is 2. The molecule has 1 aliphatic carbocycles. The van der Waals surface area contributed by atoms with Gasteiger partial charge in [0.15, 0.2) is 5.82 Å². The number of carbonyl (C=O) groups is 1. The maximum atomic E-state index is 12.5. The van der Waals surface area contributed by atoms with E-state index in [0.29, 0.717) is 11.5 Å². The van der Waals surface area contributed by atoms with Gasteiger partial charge in [-0.25, -0.2) is 14.5 Å². The van der Waals surface area contributed by atoms with E-state index in [-0.39, 0.29) is 21.6 Å². The minimum atomic E-state index is -0.583. The molecular formula is C24H26N6O4S2. The number of aromatic nitrogens is 3. The van der Waals surface area contributed by atoms with Crippen LogP contribution < -0.4 is 10.6 Å². The summed E-state index contributed by atoms with van der Waals surface area (Å²) < 4.78 is 6.85. The summed E-state index contributed by atoms with van der Waals surface area (Å²) in [5, 5.41) is 22.0. The number of hydrogen-bond donors (Lipinski definition) is 2. The molecular weight excluding hydrogens is 500 g/mol. The maximum Gasteiger partial charge on any atom is 0.408 e. The number of pyridine rings is 1. The summed E-state index contributed by atoms with van der Waals surface area (Å²) in [4.78, 5) is 28.2. The Labute approximate surface area is 216 Å². The first-order valence-corrected chi connectivity index (χ1v) is 13.4. The van der Waals surface area contributed by atoms with Gasteiger partial charge in [-0.2, -0.15) is 5.10 Å². The second-order valence-corrected chi connectivity index (χ2v) is 12.6. The van der Waals surface area contributed by atoms with E-state index >= 15 is 0 Å². The van der Waals surface area contributed by atoms with E-state index in [2.05, 4.69) is 20.7 Å². The minimum Gasteiger partial charge on any atom is -0.444 e. The normalized spacial score (nSPS) is 18.1.